The lowest BCUT2D eigenvalue weighted by Gasteiger charge is -2.49. The minimum atomic E-state index is -0.760. The number of aromatic nitrogens is 2. The molecule has 7 heteroatoms. The van der Waals surface area contributed by atoms with Crippen molar-refractivity contribution in [1.29, 1.82) is 0 Å². The Hall–Kier alpha value is -4.62. The molecule has 7 nitrogen and oxygen atoms in total. The average molecular weight is 560 g/mol. The fourth-order valence-electron chi connectivity index (χ4n) is 6.19. The summed E-state index contributed by atoms with van der Waals surface area (Å²) in [5, 5.41) is 20.7. The summed E-state index contributed by atoms with van der Waals surface area (Å²) in [6.07, 6.45) is 1.21. The summed E-state index contributed by atoms with van der Waals surface area (Å²) in [7, 11) is 0. The van der Waals surface area contributed by atoms with Gasteiger partial charge in [-0.25, -0.2) is 4.79 Å². The fraction of sp³-hybridized carbons (Fsp3) is 0.257. The Labute approximate surface area is 246 Å². The highest BCUT2D eigenvalue weighted by molar-refractivity contribution is 5.82. The van der Waals surface area contributed by atoms with Gasteiger partial charge in [0.25, 0.3) is 0 Å². The van der Waals surface area contributed by atoms with Crippen LogP contribution in [-0.4, -0.2) is 49.3 Å². The first kappa shape index (κ1) is 27.5. The Balaban J connectivity index is 1.37. The molecule has 0 radical (unpaired) electrons. The smallest absolute Gasteiger partial charge is 0.321 e. The zero-order valence-electron chi connectivity index (χ0n) is 23.9. The Morgan fingerprint density at radius 1 is 0.786 bits per heavy atom. The van der Waals surface area contributed by atoms with Crippen molar-refractivity contribution in [2.45, 2.75) is 57.5 Å². The molecule has 1 aliphatic rings. The van der Waals surface area contributed by atoms with Gasteiger partial charge in [-0.15, -0.1) is 0 Å². The van der Waals surface area contributed by atoms with E-state index < -0.39 is 12.1 Å². The third-order valence-electron chi connectivity index (χ3n) is 8.41. The van der Waals surface area contributed by atoms with Crippen molar-refractivity contribution in [3.8, 4) is 0 Å². The van der Waals surface area contributed by atoms with Crippen molar-refractivity contribution < 1.29 is 9.90 Å². The van der Waals surface area contributed by atoms with E-state index in [0.29, 0.717) is 31.6 Å². The normalized spacial score (nSPS) is 19.0. The largest absolute Gasteiger partial charge is 0.399 e. The van der Waals surface area contributed by atoms with Gasteiger partial charge in [0, 0.05) is 29.9 Å². The number of amides is 2. The van der Waals surface area contributed by atoms with Gasteiger partial charge in [-0.1, -0.05) is 84.9 Å². The number of nitrogens with one attached hydrogen (secondary N) is 1. The van der Waals surface area contributed by atoms with Gasteiger partial charge in [0.1, 0.15) is 0 Å². The first-order valence-electron chi connectivity index (χ1n) is 14.6. The molecule has 3 atom stereocenters. The summed E-state index contributed by atoms with van der Waals surface area (Å²) in [5.74, 6) is 0. The maximum absolute atomic E-state index is 14.5. The van der Waals surface area contributed by atoms with E-state index in [1.54, 1.807) is 0 Å². The maximum atomic E-state index is 14.5. The molecule has 0 spiro atoms. The molecule has 4 aromatic carbocycles. The number of hydrogen-bond acceptors (Lipinski definition) is 4. The summed E-state index contributed by atoms with van der Waals surface area (Å²) >= 11 is 0. The van der Waals surface area contributed by atoms with Gasteiger partial charge in [-0.3, -0.25) is 5.10 Å². The number of carbonyl (C=O) groups excluding carboxylic acids is 1. The van der Waals surface area contributed by atoms with E-state index in [0.717, 1.165) is 39.7 Å². The second kappa shape index (κ2) is 12.1. The summed E-state index contributed by atoms with van der Waals surface area (Å²) in [4.78, 5) is 18.2. The molecular formula is C35H37N5O2. The number of hydrogen-bond donors (Lipinski definition) is 3. The van der Waals surface area contributed by atoms with E-state index in [9.17, 15) is 9.90 Å². The van der Waals surface area contributed by atoms with Crippen LogP contribution < -0.4 is 5.73 Å². The van der Waals surface area contributed by atoms with Crippen molar-refractivity contribution >= 4 is 22.6 Å². The van der Waals surface area contributed by atoms with Crippen molar-refractivity contribution in [3.05, 3.63) is 131 Å². The average Bonchev–Trinajstić information content (AvgIpc) is 3.38. The number of H-pyrrole nitrogens is 1. The second-order valence-corrected chi connectivity index (χ2v) is 11.3. The van der Waals surface area contributed by atoms with Gasteiger partial charge in [-0.05, 0) is 66.6 Å². The number of carbonyl (C=O) groups is 1. The number of fused-ring (bicyclic) bond motifs is 1. The van der Waals surface area contributed by atoms with Crippen molar-refractivity contribution in [2.75, 3.05) is 5.73 Å². The van der Waals surface area contributed by atoms with Gasteiger partial charge >= 0.3 is 6.03 Å². The van der Waals surface area contributed by atoms with Crippen molar-refractivity contribution in [2.24, 2.45) is 0 Å². The number of anilines is 1. The minimum absolute atomic E-state index is 0.0833. The van der Waals surface area contributed by atoms with E-state index in [1.165, 1.54) is 5.56 Å². The molecule has 3 unspecified atom stereocenters. The van der Waals surface area contributed by atoms with E-state index in [2.05, 4.69) is 46.6 Å². The number of aryl methyl sites for hydroxylation is 2. The van der Waals surface area contributed by atoms with Gasteiger partial charge < -0.3 is 20.6 Å². The fourth-order valence-corrected chi connectivity index (χ4v) is 6.19. The maximum Gasteiger partial charge on any atom is 0.321 e. The lowest BCUT2D eigenvalue weighted by atomic mass is 9.88. The molecule has 1 aromatic heterocycles. The first-order chi connectivity index (χ1) is 20.5. The summed E-state index contributed by atoms with van der Waals surface area (Å²) in [6.45, 7) is 2.74. The highest BCUT2D eigenvalue weighted by Gasteiger charge is 2.45. The minimum Gasteiger partial charge on any atom is -0.399 e. The molecule has 1 saturated heterocycles. The second-order valence-electron chi connectivity index (χ2n) is 11.3. The molecule has 0 aliphatic carbocycles. The number of aliphatic hydroxyl groups excluding tert-OH is 1. The lowest BCUT2D eigenvalue weighted by molar-refractivity contribution is -0.0453. The standard InChI is InChI=1S/C35H37N5O2/c1-24-30-17-15-28(20-31(30)38-37-24)23-39-32(18-16-25-9-4-2-5-10-25)34(41)33(21-26-11-6-3-7-12-26)40(35(39)42)22-27-13-8-14-29(36)19-27/h2-15,17,19-20,32-34,41H,16,18,21-23,36H2,1H3,(H,37,38). The van der Waals surface area contributed by atoms with Crippen LogP contribution in [0.15, 0.2) is 103 Å². The number of nitrogen functional groups attached to an aromatic ring is 1. The molecule has 214 valence electrons. The zero-order chi connectivity index (χ0) is 29.1. The summed E-state index contributed by atoms with van der Waals surface area (Å²) in [6, 6.07) is 33.3. The van der Waals surface area contributed by atoms with Gasteiger partial charge in [0.05, 0.1) is 23.7 Å². The Morgan fingerprint density at radius 3 is 2.14 bits per heavy atom. The van der Waals surface area contributed by atoms with Crippen LogP contribution in [0.3, 0.4) is 0 Å². The number of nitrogens with two attached hydrogens (primary N) is 1. The Morgan fingerprint density at radius 2 is 1.43 bits per heavy atom. The molecule has 42 heavy (non-hydrogen) atoms. The number of rotatable bonds is 9. The van der Waals surface area contributed by atoms with E-state index in [4.69, 9.17) is 5.73 Å². The third-order valence-corrected chi connectivity index (χ3v) is 8.41. The lowest BCUT2D eigenvalue weighted by Crippen LogP contribution is -2.66. The third kappa shape index (κ3) is 5.87. The van der Waals surface area contributed by atoms with Crippen LogP contribution in [0.4, 0.5) is 10.5 Å². The predicted molar refractivity (Wildman–Crippen MR) is 167 cm³/mol. The van der Waals surface area contributed by atoms with Crippen LogP contribution in [0.5, 0.6) is 0 Å². The number of aromatic amines is 1. The van der Waals surface area contributed by atoms with Crippen LogP contribution in [0.25, 0.3) is 10.9 Å². The Bertz CT molecular complexity index is 1650. The van der Waals surface area contributed by atoms with Crippen LogP contribution in [0.2, 0.25) is 0 Å². The van der Waals surface area contributed by atoms with Gasteiger partial charge in [0.2, 0.25) is 0 Å². The van der Waals surface area contributed by atoms with Crippen molar-refractivity contribution in [1.82, 2.24) is 20.0 Å². The molecule has 5 aromatic rings. The summed E-state index contributed by atoms with van der Waals surface area (Å²) < 4.78 is 0. The predicted octanol–water partition coefficient (Wildman–Crippen LogP) is 5.86. The van der Waals surface area contributed by atoms with Crippen LogP contribution in [0, 0.1) is 6.92 Å². The zero-order valence-corrected chi connectivity index (χ0v) is 23.9. The molecule has 2 heterocycles. The van der Waals surface area contributed by atoms with Crippen LogP contribution >= 0.6 is 0 Å². The molecule has 6 rings (SSSR count). The number of nitrogens with zero attached hydrogens (tertiary/aromatic N) is 3. The molecule has 0 saturated carbocycles. The van der Waals surface area contributed by atoms with E-state index in [-0.39, 0.29) is 12.1 Å². The molecule has 0 bridgehead atoms. The van der Waals surface area contributed by atoms with Gasteiger partial charge in [0.15, 0.2) is 0 Å². The quantitative estimate of drug-likeness (QED) is 0.197. The topological polar surface area (TPSA) is 98.5 Å². The molecule has 1 fully saturated rings. The molecule has 1 aliphatic heterocycles. The van der Waals surface area contributed by atoms with E-state index in [1.807, 2.05) is 83.5 Å². The highest BCUT2D eigenvalue weighted by atomic mass is 16.3. The number of aliphatic hydroxyl groups is 1. The van der Waals surface area contributed by atoms with Gasteiger partial charge in [-0.2, -0.15) is 5.10 Å². The molecule has 2 amide bonds. The number of urea groups is 1. The SMILES string of the molecule is Cc1[nH]nc2cc(CN3C(=O)N(Cc4cccc(N)c4)C(Cc4ccccc4)C(O)C3CCc3ccccc3)ccc12. The molecular weight excluding hydrogens is 522 g/mol. The van der Waals surface area contributed by atoms with Crippen LogP contribution in [-0.2, 0) is 25.9 Å². The molecule has 4 N–H and O–H groups in total. The Kier molecular flexibility index (Phi) is 7.93. The van der Waals surface area contributed by atoms with Crippen molar-refractivity contribution in [3.63, 3.8) is 0 Å². The van der Waals surface area contributed by atoms with Crippen LogP contribution in [0.1, 0.15) is 34.4 Å². The van der Waals surface area contributed by atoms with E-state index >= 15 is 0 Å². The number of benzene rings is 4. The monoisotopic (exact) mass is 559 g/mol. The first-order valence-corrected chi connectivity index (χ1v) is 14.6. The summed E-state index contributed by atoms with van der Waals surface area (Å²) in [5.41, 5.74) is 12.8. The highest BCUT2D eigenvalue weighted by Crippen LogP contribution is 2.32.